The fourth-order valence-electron chi connectivity index (χ4n) is 2.23. The van der Waals surface area contributed by atoms with Crippen molar-refractivity contribution in [2.24, 2.45) is 0 Å². The van der Waals surface area contributed by atoms with Crippen molar-refractivity contribution in [3.63, 3.8) is 0 Å². The molecule has 0 unspecified atom stereocenters. The fourth-order valence-corrected chi connectivity index (χ4v) is 2.23. The summed E-state index contributed by atoms with van der Waals surface area (Å²) in [6, 6.07) is 8.87. The van der Waals surface area contributed by atoms with Crippen LogP contribution in [-0.2, 0) is 16.1 Å². The Hall–Kier alpha value is -2.67. The lowest BCUT2D eigenvalue weighted by atomic mass is 10.2. The smallest absolute Gasteiger partial charge is 0.356 e. The molecule has 0 fully saturated rings. The van der Waals surface area contributed by atoms with Crippen LogP contribution in [0, 0.1) is 0 Å². The van der Waals surface area contributed by atoms with Crippen LogP contribution in [0.1, 0.15) is 42.7 Å². The molecule has 1 heterocycles. The van der Waals surface area contributed by atoms with Gasteiger partial charge in [-0.1, -0.05) is 12.1 Å². The molecule has 0 aliphatic heterocycles. The van der Waals surface area contributed by atoms with Gasteiger partial charge in [0, 0.05) is 25.8 Å². The van der Waals surface area contributed by atoms with Gasteiger partial charge in [0.1, 0.15) is 0 Å². The highest BCUT2D eigenvalue weighted by Crippen LogP contribution is 2.11. The summed E-state index contributed by atoms with van der Waals surface area (Å²) in [5, 5.41) is 15.8. The van der Waals surface area contributed by atoms with Crippen LogP contribution in [0.15, 0.2) is 36.5 Å². The minimum atomic E-state index is -1.07. The molecule has 1 amide bonds. The molecule has 0 bridgehead atoms. The monoisotopic (exact) mass is 345 g/mol. The number of benzene rings is 1. The van der Waals surface area contributed by atoms with Gasteiger partial charge in [-0.25, -0.2) is 9.48 Å². The van der Waals surface area contributed by atoms with Crippen LogP contribution >= 0.6 is 0 Å². The second-order valence-corrected chi connectivity index (χ2v) is 5.92. The van der Waals surface area contributed by atoms with E-state index in [0.29, 0.717) is 26.0 Å². The molecule has 134 valence electrons. The molecule has 25 heavy (non-hydrogen) atoms. The van der Waals surface area contributed by atoms with Crippen LogP contribution in [0.25, 0.3) is 5.69 Å². The van der Waals surface area contributed by atoms with Crippen molar-refractivity contribution in [2.75, 3.05) is 6.61 Å². The Labute approximate surface area is 146 Å². The van der Waals surface area contributed by atoms with Crippen molar-refractivity contribution < 1.29 is 19.4 Å². The van der Waals surface area contributed by atoms with Crippen LogP contribution in [0.4, 0.5) is 0 Å². The van der Waals surface area contributed by atoms with E-state index in [4.69, 9.17) is 9.84 Å². The highest BCUT2D eigenvalue weighted by molar-refractivity contribution is 5.85. The maximum atomic E-state index is 11.8. The zero-order valence-corrected chi connectivity index (χ0v) is 14.4. The number of hydrogen-bond acceptors (Lipinski definition) is 4. The molecule has 0 saturated heterocycles. The summed E-state index contributed by atoms with van der Waals surface area (Å²) in [6.45, 7) is 4.91. The number of aromatic carboxylic acids is 1. The highest BCUT2D eigenvalue weighted by atomic mass is 16.5. The molecular formula is C18H23N3O4. The first-order valence-corrected chi connectivity index (χ1v) is 8.22. The van der Waals surface area contributed by atoms with Crippen LogP contribution in [0.5, 0.6) is 0 Å². The first kappa shape index (κ1) is 18.7. The molecule has 0 spiro atoms. The van der Waals surface area contributed by atoms with E-state index in [9.17, 15) is 9.59 Å². The normalized spacial score (nSPS) is 10.8. The number of carbonyl (C=O) groups excluding carboxylic acids is 1. The van der Waals surface area contributed by atoms with Crippen LogP contribution in [0.2, 0.25) is 0 Å². The molecule has 7 heteroatoms. The van der Waals surface area contributed by atoms with Crippen molar-refractivity contribution in [3.8, 4) is 5.69 Å². The molecule has 0 radical (unpaired) electrons. The van der Waals surface area contributed by atoms with Gasteiger partial charge < -0.3 is 15.2 Å². The summed E-state index contributed by atoms with van der Waals surface area (Å²) < 4.78 is 6.91. The van der Waals surface area contributed by atoms with Crippen molar-refractivity contribution in [1.29, 1.82) is 0 Å². The third-order valence-electron chi connectivity index (χ3n) is 3.47. The number of amides is 1. The molecule has 1 aromatic heterocycles. The van der Waals surface area contributed by atoms with E-state index in [1.165, 1.54) is 10.7 Å². The second-order valence-electron chi connectivity index (χ2n) is 5.92. The zero-order valence-electron chi connectivity index (χ0n) is 14.4. The summed E-state index contributed by atoms with van der Waals surface area (Å²) in [5.74, 6) is -1.09. The molecule has 2 rings (SSSR count). The Morgan fingerprint density at radius 3 is 2.80 bits per heavy atom. The molecule has 7 nitrogen and oxygen atoms in total. The Kier molecular flexibility index (Phi) is 6.71. The summed E-state index contributed by atoms with van der Waals surface area (Å²) in [6.07, 6.45) is 2.88. The Bertz CT molecular complexity index is 725. The number of nitrogens with one attached hydrogen (secondary N) is 1. The van der Waals surface area contributed by atoms with E-state index < -0.39 is 5.97 Å². The van der Waals surface area contributed by atoms with Crippen LogP contribution in [0.3, 0.4) is 0 Å². The molecule has 0 atom stereocenters. The van der Waals surface area contributed by atoms with Gasteiger partial charge in [-0.3, -0.25) is 4.79 Å². The van der Waals surface area contributed by atoms with E-state index in [1.807, 2.05) is 38.1 Å². The summed E-state index contributed by atoms with van der Waals surface area (Å²) in [5.41, 5.74) is 1.64. The zero-order chi connectivity index (χ0) is 18.2. The second kappa shape index (κ2) is 8.98. The summed E-state index contributed by atoms with van der Waals surface area (Å²) in [7, 11) is 0. The molecule has 2 aromatic rings. The van der Waals surface area contributed by atoms with Gasteiger partial charge in [0.05, 0.1) is 11.8 Å². The molecule has 0 saturated carbocycles. The maximum Gasteiger partial charge on any atom is 0.356 e. The van der Waals surface area contributed by atoms with E-state index in [2.05, 4.69) is 10.4 Å². The van der Waals surface area contributed by atoms with Gasteiger partial charge in [0.15, 0.2) is 5.69 Å². The van der Waals surface area contributed by atoms with Crippen molar-refractivity contribution >= 4 is 11.9 Å². The lowest BCUT2D eigenvalue weighted by Crippen LogP contribution is -2.23. The molecule has 0 aliphatic carbocycles. The van der Waals surface area contributed by atoms with Gasteiger partial charge in [-0.15, -0.1) is 0 Å². The van der Waals surface area contributed by atoms with Gasteiger partial charge in [0.25, 0.3) is 0 Å². The number of rotatable bonds is 9. The summed E-state index contributed by atoms with van der Waals surface area (Å²) >= 11 is 0. The molecule has 2 N–H and O–H groups in total. The number of carbonyl (C=O) groups is 2. The SMILES string of the molecule is CC(C)OCCCC(=O)NCc1cccc(-n2ccc(C(=O)O)n2)c1. The maximum absolute atomic E-state index is 11.8. The molecular weight excluding hydrogens is 322 g/mol. The fraction of sp³-hybridized carbons (Fsp3) is 0.389. The lowest BCUT2D eigenvalue weighted by Gasteiger charge is -2.09. The number of hydrogen-bond donors (Lipinski definition) is 2. The molecule has 1 aromatic carbocycles. The predicted molar refractivity (Wildman–Crippen MR) is 92.7 cm³/mol. The van der Waals surface area contributed by atoms with Crippen LogP contribution < -0.4 is 5.32 Å². The van der Waals surface area contributed by atoms with E-state index in [-0.39, 0.29) is 17.7 Å². The van der Waals surface area contributed by atoms with E-state index in [0.717, 1.165) is 11.3 Å². The number of ether oxygens (including phenoxy) is 1. The Morgan fingerprint density at radius 1 is 1.32 bits per heavy atom. The van der Waals surface area contributed by atoms with Crippen molar-refractivity contribution in [3.05, 3.63) is 47.8 Å². The third-order valence-corrected chi connectivity index (χ3v) is 3.47. The highest BCUT2D eigenvalue weighted by Gasteiger charge is 2.08. The standard InChI is InChI=1S/C18H23N3O4/c1-13(2)25-10-4-7-17(22)19-12-14-5-3-6-15(11-14)21-9-8-16(20-21)18(23)24/h3,5-6,8-9,11,13H,4,7,10,12H2,1-2H3,(H,19,22)(H,23,24). The first-order valence-electron chi connectivity index (χ1n) is 8.22. The minimum absolute atomic E-state index is 0.0117. The number of aromatic nitrogens is 2. The average molecular weight is 345 g/mol. The summed E-state index contributed by atoms with van der Waals surface area (Å²) in [4.78, 5) is 22.7. The van der Waals surface area contributed by atoms with Gasteiger partial charge in [-0.05, 0) is 44.0 Å². The minimum Gasteiger partial charge on any atom is -0.476 e. The molecule has 0 aliphatic rings. The third kappa shape index (κ3) is 6.04. The Morgan fingerprint density at radius 2 is 2.12 bits per heavy atom. The van der Waals surface area contributed by atoms with E-state index in [1.54, 1.807) is 6.20 Å². The lowest BCUT2D eigenvalue weighted by molar-refractivity contribution is -0.121. The number of nitrogens with zero attached hydrogens (tertiary/aromatic N) is 2. The predicted octanol–water partition coefficient (Wildman–Crippen LogP) is 2.39. The average Bonchev–Trinajstić information content (AvgIpc) is 3.07. The number of carboxylic acid groups (broad SMARTS) is 1. The Balaban J connectivity index is 1.86. The quantitative estimate of drug-likeness (QED) is 0.681. The van der Waals surface area contributed by atoms with Gasteiger partial charge in [-0.2, -0.15) is 5.10 Å². The van der Waals surface area contributed by atoms with Crippen LogP contribution in [-0.4, -0.2) is 39.5 Å². The van der Waals surface area contributed by atoms with Crippen molar-refractivity contribution in [1.82, 2.24) is 15.1 Å². The van der Waals surface area contributed by atoms with Gasteiger partial charge in [0.2, 0.25) is 5.91 Å². The van der Waals surface area contributed by atoms with Crippen molar-refractivity contribution in [2.45, 2.75) is 39.3 Å². The largest absolute Gasteiger partial charge is 0.476 e. The topological polar surface area (TPSA) is 93.5 Å². The van der Waals surface area contributed by atoms with Gasteiger partial charge >= 0.3 is 5.97 Å². The van der Waals surface area contributed by atoms with E-state index >= 15 is 0 Å². The first-order chi connectivity index (χ1) is 12.0. The number of carboxylic acids is 1.